The van der Waals surface area contributed by atoms with Crippen molar-refractivity contribution >= 4 is 21.6 Å². The summed E-state index contributed by atoms with van der Waals surface area (Å²) in [5.41, 5.74) is 2.21. The summed E-state index contributed by atoms with van der Waals surface area (Å²) in [6.45, 7) is 8.00. The van der Waals surface area contributed by atoms with Crippen molar-refractivity contribution in [2.45, 2.75) is 27.7 Å². The Morgan fingerprint density at radius 2 is 1.85 bits per heavy atom. The Balaban J connectivity index is 4.59. The van der Waals surface area contributed by atoms with Gasteiger partial charge in [0.25, 0.3) is 0 Å². The van der Waals surface area contributed by atoms with Crippen LogP contribution < -0.4 is 0 Å². The molecule has 0 aromatic heterocycles. The molecule has 0 N–H and O–H groups in total. The second-order valence-electron chi connectivity index (χ2n) is 2.68. The average Bonchev–Trinajstić information content (AvgIpc) is 2.13. The number of hydrogen-bond donors (Lipinski definition) is 0. The van der Waals surface area contributed by atoms with Crippen LogP contribution in [0.5, 0.6) is 0 Å². The third-order valence-electron chi connectivity index (χ3n) is 1.62. The number of halogens is 1. The predicted molar refractivity (Wildman–Crippen MR) is 64.4 cm³/mol. The highest BCUT2D eigenvalue weighted by atomic mass is 79.9. The van der Waals surface area contributed by atoms with E-state index in [-0.39, 0.29) is 0 Å². The minimum absolute atomic E-state index is 0.873. The molecule has 0 unspecified atom stereocenters. The van der Waals surface area contributed by atoms with E-state index in [4.69, 9.17) is 0 Å². The fourth-order valence-corrected chi connectivity index (χ4v) is 0.940. The predicted octanol–water partition coefficient (Wildman–Crippen LogP) is 4.23. The zero-order valence-electron chi connectivity index (χ0n) is 8.63. The van der Waals surface area contributed by atoms with Crippen LogP contribution in [0.4, 0.5) is 0 Å². The molecule has 0 aromatic carbocycles. The van der Waals surface area contributed by atoms with Gasteiger partial charge in [-0.3, -0.25) is 0 Å². The van der Waals surface area contributed by atoms with Crippen molar-refractivity contribution in [3.05, 3.63) is 34.5 Å². The molecule has 2 heteroatoms. The molecule has 13 heavy (non-hydrogen) atoms. The topological polar surface area (TPSA) is 12.4 Å². The first-order chi connectivity index (χ1) is 6.11. The average molecular weight is 242 g/mol. The van der Waals surface area contributed by atoms with Crippen LogP contribution in [-0.2, 0) is 0 Å². The Kier molecular flexibility index (Phi) is 6.51. The fourth-order valence-electron chi connectivity index (χ4n) is 0.674. The van der Waals surface area contributed by atoms with E-state index in [0.717, 1.165) is 10.3 Å². The van der Waals surface area contributed by atoms with Crippen LogP contribution in [0.25, 0.3) is 0 Å². The molecule has 0 aliphatic carbocycles. The lowest BCUT2D eigenvalue weighted by atomic mass is 10.2. The normalized spacial score (nSPS) is 15.6. The maximum Gasteiger partial charge on any atom is 0.102 e. The van der Waals surface area contributed by atoms with E-state index < -0.39 is 0 Å². The molecule has 0 fully saturated rings. The molecule has 0 aliphatic rings. The molecule has 0 saturated carbocycles. The van der Waals surface area contributed by atoms with Gasteiger partial charge in [0.15, 0.2) is 0 Å². The van der Waals surface area contributed by atoms with E-state index in [0.29, 0.717) is 0 Å². The molecule has 0 atom stereocenters. The van der Waals surface area contributed by atoms with Gasteiger partial charge in [0, 0.05) is 5.71 Å². The van der Waals surface area contributed by atoms with Crippen molar-refractivity contribution in [2.24, 2.45) is 4.99 Å². The van der Waals surface area contributed by atoms with Crippen molar-refractivity contribution in [1.82, 2.24) is 0 Å². The Labute approximate surface area is 89.1 Å². The van der Waals surface area contributed by atoms with Crippen LogP contribution in [0.2, 0.25) is 0 Å². The summed E-state index contributed by atoms with van der Waals surface area (Å²) in [5.74, 6) is 0. The first-order valence-electron chi connectivity index (χ1n) is 4.28. The summed E-state index contributed by atoms with van der Waals surface area (Å²) in [6, 6.07) is 0. The third kappa shape index (κ3) is 5.58. The first-order valence-corrected chi connectivity index (χ1v) is 5.08. The second-order valence-corrected chi connectivity index (χ2v) is 3.50. The monoisotopic (exact) mass is 241 g/mol. The van der Waals surface area contributed by atoms with Gasteiger partial charge in [0.1, 0.15) is 4.61 Å². The molecule has 0 rings (SSSR count). The maximum atomic E-state index is 4.34. The van der Waals surface area contributed by atoms with E-state index in [1.807, 2.05) is 39.0 Å². The smallest absolute Gasteiger partial charge is 0.102 e. The highest BCUT2D eigenvalue weighted by molar-refractivity contribution is 9.11. The van der Waals surface area contributed by atoms with Gasteiger partial charge < -0.3 is 0 Å². The molecule has 1 nitrogen and oxygen atoms in total. The largest absolute Gasteiger partial charge is 0.246 e. The van der Waals surface area contributed by atoms with Gasteiger partial charge in [0.2, 0.25) is 0 Å². The Morgan fingerprint density at radius 3 is 2.31 bits per heavy atom. The molecule has 0 aromatic rings. The van der Waals surface area contributed by atoms with Crippen molar-refractivity contribution in [1.29, 1.82) is 0 Å². The van der Waals surface area contributed by atoms with Crippen LogP contribution >= 0.6 is 15.9 Å². The number of hydrogen-bond acceptors (Lipinski definition) is 1. The highest BCUT2D eigenvalue weighted by Gasteiger charge is 1.93. The Bertz CT molecular complexity index is 270. The van der Waals surface area contributed by atoms with Gasteiger partial charge in [-0.2, -0.15) is 0 Å². The number of nitrogens with zero attached hydrogens (tertiary/aromatic N) is 1. The molecule has 0 aliphatic heterocycles. The summed E-state index contributed by atoms with van der Waals surface area (Å²) in [6.07, 6.45) is 7.99. The summed E-state index contributed by atoms with van der Waals surface area (Å²) in [5, 5.41) is 0. The van der Waals surface area contributed by atoms with Crippen LogP contribution in [0.3, 0.4) is 0 Å². The van der Waals surface area contributed by atoms with Gasteiger partial charge in [-0.25, -0.2) is 4.99 Å². The standard InChI is InChI=1S/C11H16BrN/c1-5-7-8-9(3)10(4)13-11(12)6-2/h5-8H,1-4H3/b7-5-,9-8+,11-6-,13-10-. The maximum absolute atomic E-state index is 4.34. The van der Waals surface area contributed by atoms with Crippen molar-refractivity contribution in [2.75, 3.05) is 0 Å². The van der Waals surface area contributed by atoms with Crippen LogP contribution in [-0.4, -0.2) is 5.71 Å². The number of rotatable bonds is 3. The molecule has 0 heterocycles. The van der Waals surface area contributed by atoms with E-state index in [9.17, 15) is 0 Å². The van der Waals surface area contributed by atoms with Crippen molar-refractivity contribution < 1.29 is 0 Å². The van der Waals surface area contributed by atoms with Crippen LogP contribution in [0, 0.1) is 0 Å². The van der Waals surface area contributed by atoms with Crippen LogP contribution in [0.1, 0.15) is 27.7 Å². The molecule has 0 spiro atoms. The van der Waals surface area contributed by atoms with Crippen molar-refractivity contribution in [3.63, 3.8) is 0 Å². The van der Waals surface area contributed by atoms with Gasteiger partial charge in [0.05, 0.1) is 0 Å². The first kappa shape index (κ1) is 12.4. The quantitative estimate of drug-likeness (QED) is 0.399. The summed E-state index contributed by atoms with van der Waals surface area (Å²) >= 11 is 3.34. The highest BCUT2D eigenvalue weighted by Crippen LogP contribution is 2.09. The molecular formula is C11H16BrN. The van der Waals surface area contributed by atoms with Gasteiger partial charge >= 0.3 is 0 Å². The minimum Gasteiger partial charge on any atom is -0.246 e. The zero-order valence-corrected chi connectivity index (χ0v) is 10.2. The lowest BCUT2D eigenvalue weighted by Crippen LogP contribution is -1.92. The zero-order chi connectivity index (χ0) is 10.3. The summed E-state index contributed by atoms with van der Waals surface area (Å²) < 4.78 is 0.873. The van der Waals surface area contributed by atoms with Gasteiger partial charge in [-0.15, -0.1) is 0 Å². The molecule has 0 amide bonds. The molecular weight excluding hydrogens is 226 g/mol. The van der Waals surface area contributed by atoms with Crippen molar-refractivity contribution in [3.8, 4) is 0 Å². The Hall–Kier alpha value is -0.630. The lowest BCUT2D eigenvalue weighted by molar-refractivity contribution is 1.43. The third-order valence-corrected chi connectivity index (χ3v) is 2.26. The second kappa shape index (κ2) is 6.84. The Morgan fingerprint density at radius 1 is 1.23 bits per heavy atom. The molecule has 0 saturated heterocycles. The fraction of sp³-hybridized carbons (Fsp3) is 0.364. The van der Waals surface area contributed by atoms with Crippen LogP contribution in [0.15, 0.2) is 39.5 Å². The van der Waals surface area contributed by atoms with Gasteiger partial charge in [-0.05, 0) is 49.2 Å². The number of allylic oxidation sites excluding steroid dienone is 5. The lowest BCUT2D eigenvalue weighted by Gasteiger charge is -1.98. The van der Waals surface area contributed by atoms with E-state index in [1.54, 1.807) is 0 Å². The summed E-state index contributed by atoms with van der Waals surface area (Å²) in [7, 11) is 0. The SMILES string of the molecule is C\C=C/C=C(C)/C(C)=N\C(Br)=C/C. The molecule has 72 valence electrons. The van der Waals surface area contributed by atoms with E-state index in [1.165, 1.54) is 5.57 Å². The van der Waals surface area contributed by atoms with E-state index in [2.05, 4.69) is 33.9 Å². The molecule has 0 radical (unpaired) electrons. The van der Waals surface area contributed by atoms with Gasteiger partial charge in [-0.1, -0.05) is 24.3 Å². The summed E-state index contributed by atoms with van der Waals surface area (Å²) in [4.78, 5) is 4.34. The minimum atomic E-state index is 0.873. The number of aliphatic imine (C=N–C) groups is 1. The van der Waals surface area contributed by atoms with E-state index >= 15 is 0 Å². The molecule has 0 bridgehead atoms.